The number of fused-ring (bicyclic) bond motifs is 3. The van der Waals surface area contributed by atoms with Gasteiger partial charge in [0.15, 0.2) is 0 Å². The lowest BCUT2D eigenvalue weighted by atomic mass is 10.0. The Morgan fingerprint density at radius 1 is 0.952 bits per heavy atom. The highest BCUT2D eigenvalue weighted by atomic mass is 32.1. The van der Waals surface area contributed by atoms with Gasteiger partial charge < -0.3 is 0 Å². The number of allylic oxidation sites excluding steroid dienone is 4. The van der Waals surface area contributed by atoms with Crippen LogP contribution in [0, 0.1) is 0 Å². The number of benzene rings is 2. The predicted octanol–water partition coefficient (Wildman–Crippen LogP) is 6.81. The molecule has 1 heteroatoms. The highest BCUT2D eigenvalue weighted by Crippen LogP contribution is 2.35. The van der Waals surface area contributed by atoms with E-state index in [1.807, 2.05) is 11.3 Å². The summed E-state index contributed by atoms with van der Waals surface area (Å²) in [7, 11) is 0. The van der Waals surface area contributed by atoms with Gasteiger partial charge in [-0.05, 0) is 36.1 Å². The van der Waals surface area contributed by atoms with Crippen LogP contribution in [0.1, 0.15) is 32.3 Å². The van der Waals surface area contributed by atoms with E-state index in [1.54, 1.807) is 0 Å². The fraction of sp³-hybridized carbons (Fsp3) is 0.200. The first kappa shape index (κ1) is 14.1. The van der Waals surface area contributed by atoms with Crippen molar-refractivity contribution in [1.29, 1.82) is 0 Å². The molecule has 0 aliphatic carbocycles. The van der Waals surface area contributed by atoms with Crippen LogP contribution < -0.4 is 0 Å². The first-order chi connectivity index (χ1) is 10.3. The van der Waals surface area contributed by atoms with Gasteiger partial charge in [0.1, 0.15) is 0 Å². The maximum Gasteiger partial charge on any atom is 0.0361 e. The van der Waals surface area contributed by atoms with Crippen molar-refractivity contribution in [3.63, 3.8) is 0 Å². The Labute approximate surface area is 130 Å². The summed E-state index contributed by atoms with van der Waals surface area (Å²) in [5.41, 5.74) is 2.65. The highest BCUT2D eigenvalue weighted by Gasteiger charge is 2.06. The summed E-state index contributed by atoms with van der Waals surface area (Å²) in [5.74, 6) is 0. The van der Waals surface area contributed by atoms with E-state index in [9.17, 15) is 0 Å². The van der Waals surface area contributed by atoms with Gasteiger partial charge in [-0.1, -0.05) is 62.4 Å². The van der Waals surface area contributed by atoms with Crippen LogP contribution in [0.4, 0.5) is 0 Å². The van der Waals surface area contributed by atoms with Crippen molar-refractivity contribution < 1.29 is 0 Å². The number of hydrogen-bond donors (Lipinski definition) is 0. The fourth-order valence-electron chi connectivity index (χ4n) is 2.65. The van der Waals surface area contributed by atoms with Crippen LogP contribution in [0.5, 0.6) is 0 Å². The van der Waals surface area contributed by atoms with Crippen LogP contribution in [-0.4, -0.2) is 0 Å². The maximum absolute atomic E-state index is 2.33. The fourth-order valence-corrected chi connectivity index (χ4v) is 3.80. The molecule has 0 N–H and O–H groups in total. The lowest BCUT2D eigenvalue weighted by Crippen LogP contribution is -1.81. The number of rotatable bonds is 4. The monoisotopic (exact) mass is 292 g/mol. The van der Waals surface area contributed by atoms with Crippen LogP contribution in [-0.2, 0) is 0 Å². The highest BCUT2D eigenvalue weighted by molar-refractivity contribution is 7.25. The van der Waals surface area contributed by atoms with Gasteiger partial charge in [0.05, 0.1) is 0 Å². The SMILES string of the molecule is CC/C=C\C(=C/CC)c1ccc2c(c1)sc1ccccc12. The minimum atomic E-state index is 1.06. The maximum atomic E-state index is 2.33. The molecule has 0 spiro atoms. The molecule has 3 aromatic rings. The molecule has 0 aliphatic heterocycles. The van der Waals surface area contributed by atoms with Crippen LogP contribution in [0.3, 0.4) is 0 Å². The van der Waals surface area contributed by atoms with E-state index >= 15 is 0 Å². The number of thiophene rings is 1. The lowest BCUT2D eigenvalue weighted by molar-refractivity contribution is 1.21. The average Bonchev–Trinajstić information content (AvgIpc) is 2.89. The van der Waals surface area contributed by atoms with Crippen molar-refractivity contribution in [2.24, 2.45) is 0 Å². The molecule has 0 radical (unpaired) electrons. The largest absolute Gasteiger partial charge is 0.135 e. The van der Waals surface area contributed by atoms with E-state index in [1.165, 1.54) is 31.3 Å². The molecule has 0 unspecified atom stereocenters. The van der Waals surface area contributed by atoms with Gasteiger partial charge in [-0.15, -0.1) is 11.3 Å². The van der Waals surface area contributed by atoms with E-state index in [4.69, 9.17) is 0 Å². The molecule has 106 valence electrons. The first-order valence-corrected chi connectivity index (χ1v) is 8.43. The van der Waals surface area contributed by atoms with Gasteiger partial charge in [-0.2, -0.15) is 0 Å². The summed E-state index contributed by atoms with van der Waals surface area (Å²) in [4.78, 5) is 0. The third-order valence-electron chi connectivity index (χ3n) is 3.67. The number of hydrogen-bond acceptors (Lipinski definition) is 1. The summed E-state index contributed by atoms with van der Waals surface area (Å²) in [6, 6.07) is 15.5. The molecular formula is C20H20S. The summed E-state index contributed by atoms with van der Waals surface area (Å²) < 4.78 is 2.75. The second kappa shape index (κ2) is 6.28. The molecule has 0 nitrogen and oxygen atoms in total. The van der Waals surface area contributed by atoms with Crippen LogP contribution in [0.2, 0.25) is 0 Å². The zero-order valence-corrected chi connectivity index (χ0v) is 13.4. The molecule has 1 aromatic heterocycles. The van der Waals surface area contributed by atoms with Crippen molar-refractivity contribution >= 4 is 37.1 Å². The molecule has 2 aromatic carbocycles. The normalized spacial score (nSPS) is 12.8. The van der Waals surface area contributed by atoms with Crippen molar-refractivity contribution in [3.8, 4) is 0 Å². The van der Waals surface area contributed by atoms with Gasteiger partial charge in [0, 0.05) is 20.2 Å². The quantitative estimate of drug-likeness (QED) is 0.463. The summed E-state index contributed by atoms with van der Waals surface area (Å²) in [5, 5.41) is 2.74. The molecule has 0 fully saturated rings. The second-order valence-corrected chi connectivity index (χ2v) is 6.27. The third-order valence-corrected chi connectivity index (χ3v) is 4.80. The zero-order valence-electron chi connectivity index (χ0n) is 12.6. The minimum absolute atomic E-state index is 1.06. The van der Waals surface area contributed by atoms with Crippen LogP contribution in [0.25, 0.3) is 25.7 Å². The van der Waals surface area contributed by atoms with Crippen molar-refractivity contribution in [1.82, 2.24) is 0 Å². The van der Waals surface area contributed by atoms with E-state index in [-0.39, 0.29) is 0 Å². The van der Waals surface area contributed by atoms with E-state index in [0.717, 1.165) is 12.8 Å². The molecule has 0 atom stereocenters. The molecule has 0 aliphatic rings. The molecule has 3 rings (SSSR count). The molecule has 1 heterocycles. The Morgan fingerprint density at radius 3 is 2.57 bits per heavy atom. The Morgan fingerprint density at radius 2 is 1.76 bits per heavy atom. The summed E-state index contributed by atoms with van der Waals surface area (Å²) in [6.07, 6.45) is 8.93. The van der Waals surface area contributed by atoms with Gasteiger partial charge in [0.25, 0.3) is 0 Å². The van der Waals surface area contributed by atoms with E-state index < -0.39 is 0 Å². The molecule has 0 bridgehead atoms. The zero-order chi connectivity index (χ0) is 14.7. The van der Waals surface area contributed by atoms with Crippen LogP contribution in [0.15, 0.2) is 60.7 Å². The van der Waals surface area contributed by atoms with Gasteiger partial charge in [0.2, 0.25) is 0 Å². The van der Waals surface area contributed by atoms with E-state index in [0.29, 0.717) is 0 Å². The standard InChI is InChI=1S/C20H20S/c1-3-5-9-15(8-4-2)16-12-13-18-17-10-6-7-11-19(17)21-20(18)14-16/h5-14H,3-4H2,1-2H3/b9-5-,15-8+. The Kier molecular flexibility index (Phi) is 4.21. The molecule has 0 saturated heterocycles. The summed E-state index contributed by atoms with van der Waals surface area (Å²) >= 11 is 1.88. The van der Waals surface area contributed by atoms with E-state index in [2.05, 4.69) is 74.5 Å². The lowest BCUT2D eigenvalue weighted by Gasteiger charge is -2.03. The average molecular weight is 292 g/mol. The van der Waals surface area contributed by atoms with Gasteiger partial charge in [-0.3, -0.25) is 0 Å². The molecule has 0 saturated carbocycles. The topological polar surface area (TPSA) is 0 Å². The van der Waals surface area contributed by atoms with Crippen LogP contribution >= 0.6 is 11.3 Å². The Bertz CT molecular complexity index is 818. The van der Waals surface area contributed by atoms with Gasteiger partial charge in [-0.25, -0.2) is 0 Å². The van der Waals surface area contributed by atoms with Crippen molar-refractivity contribution in [2.75, 3.05) is 0 Å². The smallest absolute Gasteiger partial charge is 0.0361 e. The second-order valence-electron chi connectivity index (χ2n) is 5.19. The molecular weight excluding hydrogens is 272 g/mol. The summed E-state index contributed by atoms with van der Waals surface area (Å²) in [6.45, 7) is 4.37. The van der Waals surface area contributed by atoms with Crippen molar-refractivity contribution in [2.45, 2.75) is 26.7 Å². The predicted molar refractivity (Wildman–Crippen MR) is 97.0 cm³/mol. The Hall–Kier alpha value is -1.86. The van der Waals surface area contributed by atoms with Gasteiger partial charge >= 0.3 is 0 Å². The third kappa shape index (κ3) is 2.79. The minimum Gasteiger partial charge on any atom is -0.135 e. The molecule has 21 heavy (non-hydrogen) atoms. The first-order valence-electron chi connectivity index (χ1n) is 7.62. The molecule has 0 amide bonds. The Balaban J connectivity index is 2.13. The van der Waals surface area contributed by atoms with Crippen molar-refractivity contribution in [3.05, 3.63) is 66.3 Å².